The van der Waals surface area contributed by atoms with Gasteiger partial charge in [0, 0.05) is 7.05 Å². The molecular weight excluding hydrogens is 242 g/mol. The highest BCUT2D eigenvalue weighted by Crippen LogP contribution is 2.44. The van der Waals surface area contributed by atoms with Crippen LogP contribution in [0.3, 0.4) is 0 Å². The molecule has 0 unspecified atom stereocenters. The Bertz CT molecular complexity index is 506. The lowest BCUT2D eigenvalue weighted by Crippen LogP contribution is -2.33. The minimum atomic E-state index is -0.700. The van der Waals surface area contributed by atoms with E-state index in [9.17, 15) is 9.90 Å². The predicted octanol–water partition coefficient (Wildman–Crippen LogP) is 2.41. The number of hydrogen-bond donors (Lipinski definition) is 1. The first-order valence-electron chi connectivity index (χ1n) is 6.85. The second-order valence-corrected chi connectivity index (χ2v) is 5.55. The van der Waals surface area contributed by atoms with E-state index in [2.05, 4.69) is 4.90 Å². The van der Waals surface area contributed by atoms with Crippen LogP contribution in [0.2, 0.25) is 0 Å². The number of anilines is 1. The lowest BCUT2D eigenvalue weighted by atomic mass is 9.79. The van der Waals surface area contributed by atoms with E-state index in [1.165, 1.54) is 0 Å². The summed E-state index contributed by atoms with van der Waals surface area (Å²) in [5.41, 5.74) is 1.24. The largest absolute Gasteiger partial charge is 0.490 e. The molecule has 2 aliphatic rings. The number of fused-ring (bicyclic) bond motifs is 1. The van der Waals surface area contributed by atoms with Crippen molar-refractivity contribution in [3.05, 3.63) is 23.8 Å². The van der Waals surface area contributed by atoms with Gasteiger partial charge in [0.15, 0.2) is 0 Å². The lowest BCUT2D eigenvalue weighted by Gasteiger charge is -2.30. The van der Waals surface area contributed by atoms with Gasteiger partial charge in [0.05, 0.1) is 17.6 Å². The number of rotatable bonds is 2. The van der Waals surface area contributed by atoms with Crippen LogP contribution >= 0.6 is 0 Å². The molecule has 1 aromatic carbocycles. The number of carbonyl (C=O) groups is 1. The van der Waals surface area contributed by atoms with Crippen molar-refractivity contribution in [3.8, 4) is 5.75 Å². The number of carboxylic acids is 1. The smallest absolute Gasteiger partial charge is 0.314 e. The van der Waals surface area contributed by atoms with Crippen LogP contribution in [-0.2, 0) is 10.2 Å². The van der Waals surface area contributed by atoms with Crippen LogP contribution in [0.4, 0.5) is 5.69 Å². The molecule has 0 saturated heterocycles. The van der Waals surface area contributed by atoms with Crippen molar-refractivity contribution in [2.45, 2.75) is 31.1 Å². The molecule has 1 fully saturated rings. The molecule has 19 heavy (non-hydrogen) atoms. The highest BCUT2D eigenvalue weighted by molar-refractivity contribution is 5.82. The fourth-order valence-electron chi connectivity index (χ4n) is 3.26. The quantitative estimate of drug-likeness (QED) is 0.888. The summed E-state index contributed by atoms with van der Waals surface area (Å²) in [5, 5.41) is 9.62. The van der Waals surface area contributed by atoms with E-state index in [0.717, 1.165) is 49.2 Å². The van der Waals surface area contributed by atoms with Crippen LogP contribution < -0.4 is 9.64 Å². The van der Waals surface area contributed by atoms with Gasteiger partial charge in [-0.25, -0.2) is 0 Å². The van der Waals surface area contributed by atoms with Crippen LogP contribution in [0.5, 0.6) is 5.75 Å². The molecule has 1 aliphatic heterocycles. The van der Waals surface area contributed by atoms with Gasteiger partial charge in [-0.15, -0.1) is 0 Å². The maximum absolute atomic E-state index is 11.7. The SMILES string of the molecule is CN1CCOc2cc(C3(C(=O)O)CCCC3)ccc21. The zero-order valence-electron chi connectivity index (χ0n) is 11.2. The van der Waals surface area contributed by atoms with Crippen molar-refractivity contribution in [2.75, 3.05) is 25.1 Å². The first-order chi connectivity index (χ1) is 9.13. The summed E-state index contributed by atoms with van der Waals surface area (Å²) in [6.07, 6.45) is 3.45. The first kappa shape index (κ1) is 12.3. The van der Waals surface area contributed by atoms with Crippen molar-refractivity contribution in [3.63, 3.8) is 0 Å². The zero-order chi connectivity index (χ0) is 13.5. The molecule has 102 valence electrons. The molecule has 0 aromatic heterocycles. The molecule has 0 spiro atoms. The second kappa shape index (κ2) is 4.44. The van der Waals surface area contributed by atoms with Gasteiger partial charge in [0.2, 0.25) is 0 Å². The van der Waals surface area contributed by atoms with Crippen LogP contribution in [0.25, 0.3) is 0 Å². The molecule has 1 aromatic rings. The summed E-state index contributed by atoms with van der Waals surface area (Å²) >= 11 is 0. The van der Waals surface area contributed by atoms with Gasteiger partial charge < -0.3 is 14.7 Å². The van der Waals surface area contributed by atoms with E-state index >= 15 is 0 Å². The Morgan fingerprint density at radius 1 is 1.37 bits per heavy atom. The van der Waals surface area contributed by atoms with Gasteiger partial charge in [-0.05, 0) is 30.5 Å². The van der Waals surface area contributed by atoms with Crippen LogP contribution in [0.1, 0.15) is 31.2 Å². The highest BCUT2D eigenvalue weighted by Gasteiger charge is 2.43. The van der Waals surface area contributed by atoms with Gasteiger partial charge in [-0.2, -0.15) is 0 Å². The Morgan fingerprint density at radius 3 is 2.79 bits per heavy atom. The fourth-order valence-corrected chi connectivity index (χ4v) is 3.26. The van der Waals surface area contributed by atoms with E-state index < -0.39 is 11.4 Å². The van der Waals surface area contributed by atoms with Gasteiger partial charge >= 0.3 is 5.97 Å². The Balaban J connectivity index is 2.04. The van der Waals surface area contributed by atoms with Crippen molar-refractivity contribution in [2.24, 2.45) is 0 Å². The second-order valence-electron chi connectivity index (χ2n) is 5.55. The van der Waals surface area contributed by atoms with Crippen molar-refractivity contribution < 1.29 is 14.6 Å². The minimum Gasteiger partial charge on any atom is -0.490 e. The number of likely N-dealkylation sites (N-methyl/N-ethyl adjacent to an activating group) is 1. The first-order valence-corrected chi connectivity index (χ1v) is 6.85. The third-order valence-corrected chi connectivity index (χ3v) is 4.47. The Labute approximate surface area is 113 Å². The van der Waals surface area contributed by atoms with Gasteiger partial charge in [-0.1, -0.05) is 18.9 Å². The fraction of sp³-hybridized carbons (Fsp3) is 0.533. The lowest BCUT2D eigenvalue weighted by molar-refractivity contribution is -0.143. The molecule has 4 nitrogen and oxygen atoms in total. The predicted molar refractivity (Wildman–Crippen MR) is 73.0 cm³/mol. The summed E-state index contributed by atoms with van der Waals surface area (Å²) in [7, 11) is 2.03. The Kier molecular flexibility index (Phi) is 2.88. The summed E-state index contributed by atoms with van der Waals surface area (Å²) in [4.78, 5) is 13.8. The van der Waals surface area contributed by atoms with Gasteiger partial charge in [0.1, 0.15) is 12.4 Å². The number of ether oxygens (including phenoxy) is 1. The maximum atomic E-state index is 11.7. The van der Waals surface area contributed by atoms with E-state index in [-0.39, 0.29) is 0 Å². The third-order valence-electron chi connectivity index (χ3n) is 4.47. The number of benzene rings is 1. The summed E-state index contributed by atoms with van der Waals surface area (Å²) in [5.74, 6) is 0.118. The van der Waals surface area contributed by atoms with E-state index in [0.29, 0.717) is 6.61 Å². The molecule has 4 heteroatoms. The molecule has 0 radical (unpaired) electrons. The highest BCUT2D eigenvalue weighted by atomic mass is 16.5. The molecule has 1 N–H and O–H groups in total. The average Bonchev–Trinajstić information content (AvgIpc) is 2.89. The number of nitrogens with zero attached hydrogens (tertiary/aromatic N) is 1. The maximum Gasteiger partial charge on any atom is 0.314 e. The molecule has 0 amide bonds. The molecule has 1 saturated carbocycles. The van der Waals surface area contributed by atoms with Crippen molar-refractivity contribution >= 4 is 11.7 Å². The van der Waals surface area contributed by atoms with E-state index in [1.54, 1.807) is 0 Å². The standard InChI is InChI=1S/C15H19NO3/c1-16-8-9-19-13-10-11(4-5-12(13)16)15(14(17)18)6-2-3-7-15/h4-5,10H,2-3,6-9H2,1H3,(H,17,18). The zero-order valence-corrected chi connectivity index (χ0v) is 11.2. The van der Waals surface area contributed by atoms with Gasteiger partial charge in [-0.3, -0.25) is 4.79 Å². The Morgan fingerprint density at radius 2 is 2.11 bits per heavy atom. The van der Waals surface area contributed by atoms with Crippen LogP contribution in [0, 0.1) is 0 Å². The number of hydrogen-bond acceptors (Lipinski definition) is 3. The van der Waals surface area contributed by atoms with Crippen LogP contribution in [0.15, 0.2) is 18.2 Å². The summed E-state index contributed by atoms with van der Waals surface area (Å²) < 4.78 is 5.68. The molecule has 0 atom stereocenters. The molecule has 1 heterocycles. The van der Waals surface area contributed by atoms with Gasteiger partial charge in [0.25, 0.3) is 0 Å². The monoisotopic (exact) mass is 261 g/mol. The van der Waals surface area contributed by atoms with Crippen LogP contribution in [-0.4, -0.2) is 31.3 Å². The third kappa shape index (κ3) is 1.86. The normalized spacial score (nSPS) is 20.8. The van der Waals surface area contributed by atoms with Crippen molar-refractivity contribution in [1.82, 2.24) is 0 Å². The topological polar surface area (TPSA) is 49.8 Å². The minimum absolute atomic E-state index is 0.660. The molecular formula is C15H19NO3. The molecule has 3 rings (SSSR count). The van der Waals surface area contributed by atoms with E-state index in [1.807, 2.05) is 25.2 Å². The molecule has 1 aliphatic carbocycles. The Hall–Kier alpha value is -1.71. The van der Waals surface area contributed by atoms with E-state index in [4.69, 9.17) is 4.74 Å². The number of aliphatic carboxylic acids is 1. The van der Waals surface area contributed by atoms with Crippen molar-refractivity contribution in [1.29, 1.82) is 0 Å². The number of carboxylic acid groups (broad SMARTS) is 1. The molecule has 0 bridgehead atoms. The summed E-state index contributed by atoms with van der Waals surface area (Å²) in [6.45, 7) is 1.53. The summed E-state index contributed by atoms with van der Waals surface area (Å²) in [6, 6.07) is 5.89. The average molecular weight is 261 g/mol.